The Morgan fingerprint density at radius 3 is 2.24 bits per heavy atom. The van der Waals surface area contributed by atoms with Gasteiger partial charge in [-0.1, -0.05) is 12.1 Å². The van der Waals surface area contributed by atoms with E-state index < -0.39 is 0 Å². The Balaban J connectivity index is 0.00000253. The molecule has 3 amide bonds. The van der Waals surface area contributed by atoms with Crippen molar-refractivity contribution in [3.8, 4) is 0 Å². The van der Waals surface area contributed by atoms with Crippen LogP contribution in [0.2, 0.25) is 0 Å². The highest BCUT2D eigenvalue weighted by Crippen LogP contribution is 2.27. The van der Waals surface area contributed by atoms with Crippen LogP contribution < -0.4 is 16.8 Å². The third-order valence-electron chi connectivity index (χ3n) is 6.20. The molecule has 11 nitrogen and oxygen atoms in total. The molecule has 0 saturated carbocycles. The predicted molar refractivity (Wildman–Crippen MR) is 155 cm³/mol. The lowest BCUT2D eigenvalue weighted by Crippen LogP contribution is -2.54. The number of carbonyl (C=O) groups excluding carboxylic acids is 2. The maximum atomic E-state index is 12.8. The van der Waals surface area contributed by atoms with Crippen LogP contribution in [0.15, 0.2) is 29.3 Å². The topological polar surface area (TPSA) is 142 Å². The summed E-state index contributed by atoms with van der Waals surface area (Å²) < 4.78 is 5.36. The molecule has 0 radical (unpaired) electrons. The van der Waals surface area contributed by atoms with Gasteiger partial charge in [0, 0.05) is 57.6 Å². The van der Waals surface area contributed by atoms with E-state index in [-0.39, 0.29) is 42.7 Å². The second-order valence-corrected chi connectivity index (χ2v) is 10.0. The van der Waals surface area contributed by atoms with Crippen molar-refractivity contribution >= 4 is 64.9 Å². The number of aromatic nitrogens is 1. The average Bonchev–Trinajstić information content (AvgIpc) is 3.24. The van der Waals surface area contributed by atoms with Gasteiger partial charge in [-0.3, -0.25) is 9.69 Å². The molecular weight excluding hydrogens is 551 g/mol. The summed E-state index contributed by atoms with van der Waals surface area (Å²) in [5.74, 6) is -0.0981. The first kappa shape index (κ1) is 31.6. The van der Waals surface area contributed by atoms with Crippen LogP contribution in [0.1, 0.15) is 23.1 Å². The van der Waals surface area contributed by atoms with Crippen molar-refractivity contribution in [1.82, 2.24) is 19.7 Å². The number of nitrogens with two attached hydrogens (primary N) is 2. The lowest BCUT2D eigenvalue weighted by atomic mass is 10.1. The highest BCUT2D eigenvalue weighted by molar-refractivity contribution is 7.15. The summed E-state index contributed by atoms with van der Waals surface area (Å²) >= 11 is 1.52. The first-order valence-electron chi connectivity index (χ1n) is 12.2. The number of hydrogen-bond acceptors (Lipinski definition) is 7. The standard InChI is InChI=1S/C24H34N8O3S.2ClH/c1-17(33)27-23-29-20(7-4-18-2-5-19(6-3-18)28-22(25)26)21(36-23)16-30-8-10-31(11-9-30)24(34)32-12-14-35-15-13-32;;/h2-3,5-6H,4,7-16H2,1H3,(H4,25,26,28)(H,27,29,33);2*1H. The molecule has 14 heteroatoms. The number of nitrogens with one attached hydrogen (secondary N) is 1. The monoisotopic (exact) mass is 586 g/mol. The quantitative estimate of drug-likeness (QED) is 0.333. The molecule has 1 aromatic heterocycles. The fourth-order valence-electron chi connectivity index (χ4n) is 4.31. The number of carbonyl (C=O) groups is 2. The largest absolute Gasteiger partial charge is 0.378 e. The minimum absolute atomic E-state index is 0. The van der Waals surface area contributed by atoms with E-state index in [4.69, 9.17) is 21.2 Å². The fraction of sp³-hybridized carbons (Fsp3) is 0.500. The SMILES string of the molecule is CC(=O)Nc1nc(CCc2ccc(N=C(N)N)cc2)c(CN2CCN(C(=O)N3CCOCC3)CC2)s1.Cl.Cl. The Labute approximate surface area is 239 Å². The zero-order valence-electron chi connectivity index (χ0n) is 21.4. The normalized spacial score (nSPS) is 15.7. The van der Waals surface area contributed by atoms with Gasteiger partial charge >= 0.3 is 6.03 Å². The van der Waals surface area contributed by atoms with Crippen LogP contribution in [0.25, 0.3) is 0 Å². The zero-order valence-corrected chi connectivity index (χ0v) is 23.9. The van der Waals surface area contributed by atoms with Crippen molar-refractivity contribution in [3.05, 3.63) is 40.4 Å². The molecule has 3 heterocycles. The number of guanidine groups is 1. The minimum Gasteiger partial charge on any atom is -0.378 e. The van der Waals surface area contributed by atoms with Crippen molar-refractivity contribution in [1.29, 1.82) is 0 Å². The number of urea groups is 1. The molecule has 1 aromatic carbocycles. The minimum atomic E-state index is -0.132. The van der Waals surface area contributed by atoms with Crippen LogP contribution in [0.5, 0.6) is 0 Å². The molecule has 0 aliphatic carbocycles. The molecule has 4 rings (SSSR count). The van der Waals surface area contributed by atoms with Gasteiger partial charge in [0.2, 0.25) is 5.91 Å². The number of ether oxygens (including phenoxy) is 1. The number of aryl methyl sites for hydroxylation is 2. The van der Waals surface area contributed by atoms with Gasteiger partial charge < -0.3 is 31.3 Å². The van der Waals surface area contributed by atoms with Crippen molar-refractivity contribution < 1.29 is 14.3 Å². The molecule has 2 aromatic rings. The van der Waals surface area contributed by atoms with Crippen LogP contribution in [-0.4, -0.2) is 90.1 Å². The number of halogens is 2. The van der Waals surface area contributed by atoms with Crippen LogP contribution >= 0.6 is 36.2 Å². The maximum absolute atomic E-state index is 12.8. The summed E-state index contributed by atoms with van der Waals surface area (Å²) in [6, 6.07) is 7.89. The third-order valence-corrected chi connectivity index (χ3v) is 7.20. The number of nitrogens with zero attached hydrogens (tertiary/aromatic N) is 5. The van der Waals surface area contributed by atoms with E-state index in [0.717, 1.165) is 48.6 Å². The molecule has 0 spiro atoms. The van der Waals surface area contributed by atoms with E-state index in [0.29, 0.717) is 50.2 Å². The van der Waals surface area contributed by atoms with Crippen LogP contribution in [-0.2, 0) is 28.9 Å². The molecule has 2 aliphatic heterocycles. The summed E-state index contributed by atoms with van der Waals surface area (Å²) in [5, 5.41) is 3.45. The van der Waals surface area contributed by atoms with Gasteiger partial charge in [0.25, 0.3) is 0 Å². The van der Waals surface area contributed by atoms with E-state index >= 15 is 0 Å². The van der Waals surface area contributed by atoms with Crippen LogP contribution in [0.4, 0.5) is 15.6 Å². The van der Waals surface area contributed by atoms with Gasteiger partial charge in [0.15, 0.2) is 11.1 Å². The van der Waals surface area contributed by atoms with E-state index in [1.54, 1.807) is 0 Å². The van der Waals surface area contributed by atoms with E-state index in [1.165, 1.54) is 18.3 Å². The fourth-order valence-corrected chi connectivity index (χ4v) is 5.41. The molecule has 2 saturated heterocycles. The number of thiazole rings is 1. The zero-order chi connectivity index (χ0) is 25.5. The number of piperazine rings is 1. The Hall–Kier alpha value is -2.64. The molecule has 38 heavy (non-hydrogen) atoms. The molecule has 2 fully saturated rings. The Bertz CT molecular complexity index is 1080. The van der Waals surface area contributed by atoms with Gasteiger partial charge in [0.05, 0.1) is 24.6 Å². The molecule has 0 unspecified atom stereocenters. The van der Waals surface area contributed by atoms with Crippen molar-refractivity contribution in [2.24, 2.45) is 16.5 Å². The lowest BCUT2D eigenvalue weighted by Gasteiger charge is -2.38. The van der Waals surface area contributed by atoms with Crippen molar-refractivity contribution in [2.75, 3.05) is 57.8 Å². The number of aliphatic imine (C=N–C) groups is 1. The number of amides is 3. The van der Waals surface area contributed by atoms with E-state index in [2.05, 4.69) is 15.2 Å². The number of hydrogen-bond donors (Lipinski definition) is 3. The molecule has 5 N–H and O–H groups in total. The molecular formula is C24H36Cl2N8O3S. The summed E-state index contributed by atoms with van der Waals surface area (Å²) in [4.78, 5) is 40.5. The van der Waals surface area contributed by atoms with Crippen molar-refractivity contribution in [2.45, 2.75) is 26.3 Å². The van der Waals surface area contributed by atoms with Gasteiger partial charge in [0.1, 0.15) is 0 Å². The summed E-state index contributed by atoms with van der Waals surface area (Å²) in [7, 11) is 0. The summed E-state index contributed by atoms with van der Waals surface area (Å²) in [6.45, 7) is 7.77. The average molecular weight is 588 g/mol. The van der Waals surface area contributed by atoms with Gasteiger partial charge in [-0.05, 0) is 30.5 Å². The Morgan fingerprint density at radius 2 is 1.63 bits per heavy atom. The molecule has 0 atom stereocenters. The Morgan fingerprint density at radius 1 is 1.00 bits per heavy atom. The van der Waals surface area contributed by atoms with E-state index in [9.17, 15) is 9.59 Å². The first-order chi connectivity index (χ1) is 17.4. The second-order valence-electron chi connectivity index (χ2n) is 8.92. The Kier molecular flexibility index (Phi) is 12.5. The smallest absolute Gasteiger partial charge is 0.320 e. The van der Waals surface area contributed by atoms with Gasteiger partial charge in [-0.2, -0.15) is 0 Å². The van der Waals surface area contributed by atoms with Crippen LogP contribution in [0.3, 0.4) is 0 Å². The maximum Gasteiger partial charge on any atom is 0.320 e. The lowest BCUT2D eigenvalue weighted by molar-refractivity contribution is -0.114. The third kappa shape index (κ3) is 8.98. The molecule has 0 bridgehead atoms. The highest BCUT2D eigenvalue weighted by Gasteiger charge is 2.27. The van der Waals surface area contributed by atoms with Gasteiger partial charge in [-0.15, -0.1) is 36.2 Å². The number of rotatable bonds is 7. The highest BCUT2D eigenvalue weighted by atomic mass is 35.5. The van der Waals surface area contributed by atoms with Gasteiger partial charge in [-0.25, -0.2) is 14.8 Å². The molecule has 2 aliphatic rings. The van der Waals surface area contributed by atoms with Crippen molar-refractivity contribution in [3.63, 3.8) is 0 Å². The second kappa shape index (κ2) is 15.1. The van der Waals surface area contributed by atoms with Crippen LogP contribution in [0, 0.1) is 0 Å². The predicted octanol–water partition coefficient (Wildman–Crippen LogP) is 2.21. The summed E-state index contributed by atoms with van der Waals surface area (Å²) in [6.07, 6.45) is 1.56. The summed E-state index contributed by atoms with van der Waals surface area (Å²) in [5.41, 5.74) is 13.7. The number of benzene rings is 1. The first-order valence-corrected chi connectivity index (χ1v) is 13.0. The molecule has 210 valence electrons. The number of morpholine rings is 1. The van der Waals surface area contributed by atoms with E-state index in [1.807, 2.05) is 34.1 Å². The number of anilines is 1.